The van der Waals surface area contributed by atoms with Crippen molar-refractivity contribution in [2.75, 3.05) is 0 Å². The Morgan fingerprint density at radius 1 is 1.24 bits per heavy atom. The van der Waals surface area contributed by atoms with E-state index in [-0.39, 0.29) is 17.4 Å². The number of aryl methyl sites for hydroxylation is 1. The van der Waals surface area contributed by atoms with Crippen LogP contribution in [0.3, 0.4) is 0 Å². The van der Waals surface area contributed by atoms with E-state index in [1.807, 2.05) is 13.8 Å². The molecule has 1 rings (SSSR count). The predicted molar refractivity (Wildman–Crippen MR) is 71.9 cm³/mol. The van der Waals surface area contributed by atoms with Gasteiger partial charge < -0.3 is 5.32 Å². The van der Waals surface area contributed by atoms with Crippen molar-refractivity contribution < 1.29 is 4.79 Å². The number of hydrogen-bond acceptors (Lipinski definition) is 1. The first-order valence-corrected chi connectivity index (χ1v) is 6.18. The monoisotopic (exact) mass is 233 g/mol. The number of carbonyl (C=O) groups excluding carboxylic acids is 1. The average Bonchev–Trinajstić information content (AvgIpc) is 2.20. The summed E-state index contributed by atoms with van der Waals surface area (Å²) in [6.07, 6.45) is 0.853. The molecule has 1 aromatic carbocycles. The molecule has 2 nitrogen and oxygen atoms in total. The van der Waals surface area contributed by atoms with Crippen molar-refractivity contribution >= 4 is 5.91 Å². The first-order chi connectivity index (χ1) is 7.80. The number of carbonyl (C=O) groups is 1. The van der Waals surface area contributed by atoms with Crippen molar-refractivity contribution in [3.8, 4) is 0 Å². The van der Waals surface area contributed by atoms with Crippen molar-refractivity contribution in [1.29, 1.82) is 0 Å². The van der Waals surface area contributed by atoms with E-state index in [0.717, 1.165) is 6.42 Å². The lowest BCUT2D eigenvalue weighted by Crippen LogP contribution is -2.46. The molecule has 0 aliphatic heterocycles. The lowest BCUT2D eigenvalue weighted by molar-refractivity contribution is -0.125. The standard InChI is InChI=1S/C15H23NO/c1-11(2)14(17)16-15(4,5)10-13-8-6-12(3)7-9-13/h6-9,11H,10H2,1-5H3,(H,16,17). The minimum Gasteiger partial charge on any atom is -0.351 e. The summed E-state index contributed by atoms with van der Waals surface area (Å²) in [6, 6.07) is 8.46. The van der Waals surface area contributed by atoms with Gasteiger partial charge in [-0.05, 0) is 32.8 Å². The van der Waals surface area contributed by atoms with Gasteiger partial charge in [0, 0.05) is 11.5 Å². The molecule has 1 aromatic rings. The SMILES string of the molecule is Cc1ccc(CC(C)(C)NC(=O)C(C)C)cc1. The summed E-state index contributed by atoms with van der Waals surface area (Å²) < 4.78 is 0. The van der Waals surface area contributed by atoms with E-state index in [0.29, 0.717) is 0 Å². The lowest BCUT2D eigenvalue weighted by Gasteiger charge is -2.27. The molecule has 1 N–H and O–H groups in total. The summed E-state index contributed by atoms with van der Waals surface area (Å²) in [5, 5.41) is 3.08. The first-order valence-electron chi connectivity index (χ1n) is 6.18. The zero-order valence-electron chi connectivity index (χ0n) is 11.5. The fourth-order valence-corrected chi connectivity index (χ4v) is 1.74. The van der Waals surface area contributed by atoms with Crippen molar-refractivity contribution in [3.63, 3.8) is 0 Å². The molecule has 0 saturated carbocycles. The fraction of sp³-hybridized carbons (Fsp3) is 0.533. The second-order valence-electron chi connectivity index (χ2n) is 5.69. The molecule has 0 bridgehead atoms. The highest BCUT2D eigenvalue weighted by molar-refractivity contribution is 5.78. The molecular weight excluding hydrogens is 210 g/mol. The third kappa shape index (κ3) is 4.59. The molecule has 0 saturated heterocycles. The Morgan fingerprint density at radius 3 is 2.24 bits per heavy atom. The van der Waals surface area contributed by atoms with Crippen molar-refractivity contribution in [2.24, 2.45) is 5.92 Å². The number of hydrogen-bond donors (Lipinski definition) is 1. The van der Waals surface area contributed by atoms with Gasteiger partial charge in [0.15, 0.2) is 0 Å². The zero-order chi connectivity index (χ0) is 13.1. The largest absolute Gasteiger partial charge is 0.351 e. The van der Waals surface area contributed by atoms with Crippen LogP contribution in [0, 0.1) is 12.8 Å². The maximum absolute atomic E-state index is 11.7. The van der Waals surface area contributed by atoms with Crippen molar-refractivity contribution in [3.05, 3.63) is 35.4 Å². The molecule has 0 spiro atoms. The highest BCUT2D eigenvalue weighted by atomic mass is 16.2. The van der Waals surface area contributed by atoms with E-state index in [1.54, 1.807) is 0 Å². The van der Waals surface area contributed by atoms with E-state index in [4.69, 9.17) is 0 Å². The zero-order valence-corrected chi connectivity index (χ0v) is 11.5. The number of amides is 1. The third-order valence-electron chi connectivity index (χ3n) is 2.75. The van der Waals surface area contributed by atoms with Crippen LogP contribution in [0.25, 0.3) is 0 Å². The molecule has 0 aromatic heterocycles. The van der Waals surface area contributed by atoms with Gasteiger partial charge >= 0.3 is 0 Å². The maximum atomic E-state index is 11.7. The van der Waals surface area contributed by atoms with Crippen LogP contribution in [0.5, 0.6) is 0 Å². The highest BCUT2D eigenvalue weighted by Crippen LogP contribution is 2.14. The normalized spacial score (nSPS) is 11.6. The van der Waals surface area contributed by atoms with Crippen LogP contribution in [0.4, 0.5) is 0 Å². The van der Waals surface area contributed by atoms with E-state index >= 15 is 0 Å². The van der Waals surface area contributed by atoms with Crippen LogP contribution in [0.2, 0.25) is 0 Å². The van der Waals surface area contributed by atoms with E-state index in [9.17, 15) is 4.79 Å². The topological polar surface area (TPSA) is 29.1 Å². The van der Waals surface area contributed by atoms with Crippen LogP contribution >= 0.6 is 0 Å². The molecule has 17 heavy (non-hydrogen) atoms. The number of rotatable bonds is 4. The maximum Gasteiger partial charge on any atom is 0.222 e. The Bertz CT molecular complexity index is 376. The van der Waals surface area contributed by atoms with Gasteiger partial charge in [0.25, 0.3) is 0 Å². The van der Waals surface area contributed by atoms with Crippen LogP contribution in [-0.2, 0) is 11.2 Å². The minimum absolute atomic E-state index is 0.0345. The Morgan fingerprint density at radius 2 is 1.76 bits per heavy atom. The Kier molecular flexibility index (Phi) is 4.33. The van der Waals surface area contributed by atoms with Gasteiger partial charge in [0.05, 0.1) is 0 Å². The molecule has 0 aliphatic rings. The Balaban J connectivity index is 2.66. The summed E-state index contributed by atoms with van der Waals surface area (Å²) in [6.45, 7) is 10.0. The summed E-state index contributed by atoms with van der Waals surface area (Å²) >= 11 is 0. The molecule has 0 radical (unpaired) electrons. The second kappa shape index (κ2) is 5.35. The summed E-state index contributed by atoms with van der Waals surface area (Å²) in [5.74, 6) is 0.148. The van der Waals surface area contributed by atoms with E-state index < -0.39 is 0 Å². The van der Waals surface area contributed by atoms with Gasteiger partial charge in [0.1, 0.15) is 0 Å². The lowest BCUT2D eigenvalue weighted by atomic mass is 9.93. The van der Waals surface area contributed by atoms with Gasteiger partial charge in [-0.15, -0.1) is 0 Å². The molecular formula is C15H23NO. The minimum atomic E-state index is -0.198. The van der Waals surface area contributed by atoms with Crippen molar-refractivity contribution in [1.82, 2.24) is 5.32 Å². The van der Waals surface area contributed by atoms with E-state index in [2.05, 4.69) is 50.4 Å². The van der Waals surface area contributed by atoms with Crippen LogP contribution < -0.4 is 5.32 Å². The van der Waals surface area contributed by atoms with E-state index in [1.165, 1.54) is 11.1 Å². The van der Waals surface area contributed by atoms with Gasteiger partial charge in [-0.1, -0.05) is 43.7 Å². The van der Waals surface area contributed by atoms with Gasteiger partial charge in [-0.3, -0.25) is 4.79 Å². The summed E-state index contributed by atoms with van der Waals surface area (Å²) in [4.78, 5) is 11.7. The van der Waals surface area contributed by atoms with Gasteiger partial charge in [0.2, 0.25) is 5.91 Å². The molecule has 1 amide bonds. The smallest absolute Gasteiger partial charge is 0.222 e. The van der Waals surface area contributed by atoms with Crippen molar-refractivity contribution in [2.45, 2.75) is 46.6 Å². The third-order valence-corrected chi connectivity index (χ3v) is 2.75. The quantitative estimate of drug-likeness (QED) is 0.850. The Hall–Kier alpha value is -1.31. The predicted octanol–water partition coefficient (Wildman–Crippen LogP) is 3.09. The van der Waals surface area contributed by atoms with Gasteiger partial charge in [-0.2, -0.15) is 0 Å². The molecule has 2 heteroatoms. The fourth-order valence-electron chi connectivity index (χ4n) is 1.74. The molecule has 0 heterocycles. The summed E-state index contributed by atoms with van der Waals surface area (Å²) in [5.41, 5.74) is 2.32. The van der Waals surface area contributed by atoms with Crippen LogP contribution in [-0.4, -0.2) is 11.4 Å². The summed E-state index contributed by atoms with van der Waals surface area (Å²) in [7, 11) is 0. The molecule has 0 aliphatic carbocycles. The molecule has 0 atom stereocenters. The van der Waals surface area contributed by atoms with Gasteiger partial charge in [-0.25, -0.2) is 0 Å². The Labute approximate surface area is 104 Å². The molecule has 0 unspecified atom stereocenters. The van der Waals surface area contributed by atoms with Crippen LogP contribution in [0.15, 0.2) is 24.3 Å². The number of nitrogens with one attached hydrogen (secondary N) is 1. The number of benzene rings is 1. The average molecular weight is 233 g/mol. The van der Waals surface area contributed by atoms with Crippen LogP contribution in [0.1, 0.15) is 38.8 Å². The second-order valence-corrected chi connectivity index (χ2v) is 5.69. The molecule has 0 fully saturated rings. The first kappa shape index (κ1) is 13.8. The highest BCUT2D eigenvalue weighted by Gasteiger charge is 2.22. The molecule has 94 valence electrons.